The topological polar surface area (TPSA) is 106 Å². The number of nitrogens with zero attached hydrogens (tertiary/aromatic N) is 6. The van der Waals surface area contributed by atoms with Gasteiger partial charge in [-0.15, -0.1) is 0 Å². The highest BCUT2D eigenvalue weighted by Gasteiger charge is 2.09. The van der Waals surface area contributed by atoms with E-state index in [1.165, 1.54) is 11.8 Å². The van der Waals surface area contributed by atoms with Gasteiger partial charge in [0.1, 0.15) is 5.03 Å². The fourth-order valence-electron chi connectivity index (χ4n) is 1.09. The van der Waals surface area contributed by atoms with Gasteiger partial charge in [0.25, 0.3) is 0 Å². The van der Waals surface area contributed by atoms with Crippen LogP contribution in [0.2, 0.25) is 0 Å². The predicted molar refractivity (Wildman–Crippen MR) is 68.1 cm³/mol. The van der Waals surface area contributed by atoms with E-state index < -0.39 is 0 Å². The Balaban J connectivity index is 2.30. The van der Waals surface area contributed by atoms with Crippen molar-refractivity contribution < 1.29 is 0 Å². The van der Waals surface area contributed by atoms with Crippen molar-refractivity contribution in [3.63, 3.8) is 0 Å². The van der Waals surface area contributed by atoms with Crippen molar-refractivity contribution >= 4 is 23.7 Å². The molecule has 0 spiro atoms. The standard InChI is InChI=1S/C9H12N8S/c1-17(2)8-13-7(16-10)14-9(15-8)18-6-5-11-3-4-12-6/h3-5H,10H2,1-2H3,(H,13,14,15,16). The lowest BCUT2D eigenvalue weighted by molar-refractivity contribution is 0.863. The molecule has 8 nitrogen and oxygen atoms in total. The summed E-state index contributed by atoms with van der Waals surface area (Å²) in [6.45, 7) is 0. The molecule has 2 heterocycles. The van der Waals surface area contributed by atoms with Gasteiger partial charge in [0.2, 0.25) is 17.1 Å². The van der Waals surface area contributed by atoms with Gasteiger partial charge < -0.3 is 4.90 Å². The molecule has 2 aromatic heterocycles. The minimum Gasteiger partial charge on any atom is -0.347 e. The maximum atomic E-state index is 5.32. The Labute approximate surface area is 108 Å². The first kappa shape index (κ1) is 12.5. The molecule has 0 amide bonds. The number of hydrogen-bond donors (Lipinski definition) is 2. The molecule has 18 heavy (non-hydrogen) atoms. The fourth-order valence-corrected chi connectivity index (χ4v) is 1.76. The average Bonchev–Trinajstić information content (AvgIpc) is 2.39. The van der Waals surface area contributed by atoms with Gasteiger partial charge in [-0.05, 0) is 11.8 Å². The minimum absolute atomic E-state index is 0.306. The number of hydrazine groups is 1. The number of nitrogens with one attached hydrogen (secondary N) is 1. The average molecular weight is 264 g/mol. The van der Waals surface area contributed by atoms with E-state index in [1.54, 1.807) is 23.5 Å². The lowest BCUT2D eigenvalue weighted by Crippen LogP contribution is -2.17. The second-order valence-electron chi connectivity index (χ2n) is 3.43. The van der Waals surface area contributed by atoms with Crippen molar-refractivity contribution in [3.8, 4) is 0 Å². The van der Waals surface area contributed by atoms with Crippen LogP contribution in [-0.2, 0) is 0 Å². The summed E-state index contributed by atoms with van der Waals surface area (Å²) >= 11 is 1.29. The van der Waals surface area contributed by atoms with Gasteiger partial charge in [0.05, 0.1) is 6.20 Å². The molecule has 0 saturated carbocycles. The molecule has 2 rings (SSSR count). The van der Waals surface area contributed by atoms with Crippen LogP contribution >= 0.6 is 11.8 Å². The van der Waals surface area contributed by atoms with E-state index in [-0.39, 0.29) is 0 Å². The van der Waals surface area contributed by atoms with Gasteiger partial charge in [0.15, 0.2) is 0 Å². The molecule has 0 unspecified atom stereocenters. The quantitative estimate of drug-likeness (QED) is 0.590. The smallest absolute Gasteiger partial charge is 0.242 e. The second-order valence-corrected chi connectivity index (χ2v) is 4.41. The molecule has 9 heteroatoms. The molecule has 0 fully saturated rings. The molecule has 0 aromatic carbocycles. The SMILES string of the molecule is CN(C)c1nc(NN)nc(Sc2cnccn2)n1. The van der Waals surface area contributed by atoms with Gasteiger partial charge >= 0.3 is 0 Å². The monoisotopic (exact) mass is 264 g/mol. The summed E-state index contributed by atoms with van der Waals surface area (Å²) in [5.74, 6) is 6.15. The van der Waals surface area contributed by atoms with Crippen LogP contribution in [0.1, 0.15) is 0 Å². The van der Waals surface area contributed by atoms with E-state index >= 15 is 0 Å². The Bertz CT molecular complexity index is 517. The van der Waals surface area contributed by atoms with Crippen LogP contribution in [0.4, 0.5) is 11.9 Å². The Kier molecular flexibility index (Phi) is 3.85. The summed E-state index contributed by atoms with van der Waals surface area (Å²) in [6.07, 6.45) is 4.85. The molecule has 3 N–H and O–H groups in total. The Hall–Kier alpha value is -2.00. The highest BCUT2D eigenvalue weighted by molar-refractivity contribution is 7.99. The minimum atomic E-state index is 0.306. The van der Waals surface area contributed by atoms with Gasteiger partial charge in [-0.2, -0.15) is 15.0 Å². The zero-order valence-electron chi connectivity index (χ0n) is 9.90. The number of rotatable bonds is 4. The summed E-state index contributed by atoms with van der Waals surface area (Å²) in [7, 11) is 3.68. The lowest BCUT2D eigenvalue weighted by atomic mass is 10.8. The number of nitrogens with two attached hydrogens (primary N) is 1. The number of aromatic nitrogens is 5. The molecule has 0 aliphatic rings. The molecule has 0 radical (unpaired) electrons. The lowest BCUT2D eigenvalue weighted by Gasteiger charge is -2.11. The summed E-state index contributed by atoms with van der Waals surface area (Å²) in [4.78, 5) is 22.4. The molecule has 94 valence electrons. The fraction of sp³-hybridized carbons (Fsp3) is 0.222. The third kappa shape index (κ3) is 3.02. The van der Waals surface area contributed by atoms with Crippen LogP contribution in [-0.4, -0.2) is 39.0 Å². The molecule has 2 aromatic rings. The summed E-state index contributed by atoms with van der Waals surface area (Å²) < 4.78 is 0. The van der Waals surface area contributed by atoms with Crippen molar-refractivity contribution in [1.29, 1.82) is 0 Å². The third-order valence-corrected chi connectivity index (χ3v) is 2.65. The number of anilines is 2. The predicted octanol–water partition coefficient (Wildman–Crippen LogP) is 0.164. The number of hydrogen-bond acceptors (Lipinski definition) is 9. The molecule has 0 bridgehead atoms. The Morgan fingerprint density at radius 1 is 1.22 bits per heavy atom. The van der Waals surface area contributed by atoms with Crippen molar-refractivity contribution in [2.24, 2.45) is 5.84 Å². The third-order valence-electron chi connectivity index (χ3n) is 1.87. The van der Waals surface area contributed by atoms with E-state index in [1.807, 2.05) is 14.1 Å². The second kappa shape index (κ2) is 5.56. The molecule has 0 aliphatic heterocycles. The molecular weight excluding hydrogens is 252 g/mol. The first-order valence-electron chi connectivity index (χ1n) is 5.03. The summed E-state index contributed by atoms with van der Waals surface area (Å²) in [5, 5.41) is 1.21. The van der Waals surface area contributed by atoms with Crippen molar-refractivity contribution in [1.82, 2.24) is 24.9 Å². The maximum Gasteiger partial charge on any atom is 0.242 e. The van der Waals surface area contributed by atoms with E-state index in [4.69, 9.17) is 5.84 Å². The normalized spacial score (nSPS) is 10.2. The molecular formula is C9H12N8S. The summed E-state index contributed by atoms with van der Waals surface area (Å²) in [6, 6.07) is 0. The summed E-state index contributed by atoms with van der Waals surface area (Å²) in [5.41, 5.74) is 2.41. The van der Waals surface area contributed by atoms with Gasteiger partial charge in [0, 0.05) is 26.5 Å². The van der Waals surface area contributed by atoms with Crippen molar-refractivity contribution in [2.45, 2.75) is 10.2 Å². The maximum absolute atomic E-state index is 5.32. The van der Waals surface area contributed by atoms with E-state index in [0.29, 0.717) is 22.1 Å². The largest absolute Gasteiger partial charge is 0.347 e. The van der Waals surface area contributed by atoms with Crippen LogP contribution in [0.25, 0.3) is 0 Å². The zero-order valence-corrected chi connectivity index (χ0v) is 10.7. The van der Waals surface area contributed by atoms with Crippen LogP contribution in [0, 0.1) is 0 Å². The van der Waals surface area contributed by atoms with Crippen LogP contribution < -0.4 is 16.2 Å². The van der Waals surface area contributed by atoms with Crippen LogP contribution in [0.15, 0.2) is 28.8 Å². The highest BCUT2D eigenvalue weighted by atomic mass is 32.2. The van der Waals surface area contributed by atoms with Gasteiger partial charge in [-0.1, -0.05) is 0 Å². The van der Waals surface area contributed by atoms with Gasteiger partial charge in [-0.3, -0.25) is 10.4 Å². The first-order valence-corrected chi connectivity index (χ1v) is 5.84. The highest BCUT2D eigenvalue weighted by Crippen LogP contribution is 2.23. The first-order chi connectivity index (χ1) is 8.69. The van der Waals surface area contributed by atoms with Crippen LogP contribution in [0.3, 0.4) is 0 Å². The van der Waals surface area contributed by atoms with Gasteiger partial charge in [-0.25, -0.2) is 10.8 Å². The number of nitrogen functional groups attached to an aromatic ring is 1. The van der Waals surface area contributed by atoms with E-state index in [2.05, 4.69) is 30.3 Å². The van der Waals surface area contributed by atoms with Crippen molar-refractivity contribution in [3.05, 3.63) is 18.6 Å². The Morgan fingerprint density at radius 2 is 2.06 bits per heavy atom. The molecule has 0 saturated heterocycles. The molecule has 0 atom stereocenters. The van der Waals surface area contributed by atoms with E-state index in [9.17, 15) is 0 Å². The Morgan fingerprint density at radius 3 is 2.67 bits per heavy atom. The zero-order chi connectivity index (χ0) is 13.0. The van der Waals surface area contributed by atoms with Crippen LogP contribution in [0.5, 0.6) is 0 Å². The van der Waals surface area contributed by atoms with E-state index in [0.717, 1.165) is 0 Å². The molecule has 0 aliphatic carbocycles. The van der Waals surface area contributed by atoms with Crippen molar-refractivity contribution in [2.75, 3.05) is 24.4 Å².